The van der Waals surface area contributed by atoms with Gasteiger partial charge in [-0.25, -0.2) is 4.79 Å². The summed E-state index contributed by atoms with van der Waals surface area (Å²) in [4.78, 5) is 31.9. The van der Waals surface area contributed by atoms with Crippen LogP contribution >= 0.6 is 0 Å². The summed E-state index contributed by atoms with van der Waals surface area (Å²) in [6.45, 7) is 5.32. The minimum atomic E-state index is -0.0401. The number of hydrogen-bond donors (Lipinski definition) is 0. The van der Waals surface area contributed by atoms with Gasteiger partial charge in [0.05, 0.1) is 18.2 Å². The Kier molecular flexibility index (Phi) is 4.29. The lowest BCUT2D eigenvalue weighted by molar-refractivity contribution is -0.116. The average Bonchev–Trinajstić information content (AvgIpc) is 3.63. The molecule has 0 N–H and O–H groups in total. The van der Waals surface area contributed by atoms with Crippen molar-refractivity contribution in [2.24, 2.45) is 11.8 Å². The fourth-order valence-corrected chi connectivity index (χ4v) is 8.15. The van der Waals surface area contributed by atoms with Gasteiger partial charge in [0.15, 0.2) is 0 Å². The number of likely N-dealkylation sites (tertiary alicyclic amines) is 2. The molecule has 1 aromatic carbocycles. The Hall–Kier alpha value is -2.08. The molecule has 2 saturated heterocycles. The molecule has 0 bridgehead atoms. The molecule has 6 heteroatoms. The molecule has 4 unspecified atom stereocenters. The summed E-state index contributed by atoms with van der Waals surface area (Å²) in [6.07, 6.45) is 9.41. The number of amides is 2. The molecule has 1 aromatic rings. The Morgan fingerprint density at radius 3 is 2.64 bits per heavy atom. The van der Waals surface area contributed by atoms with Gasteiger partial charge in [0.2, 0.25) is 5.91 Å². The van der Waals surface area contributed by atoms with E-state index in [0.717, 1.165) is 51.0 Å². The first-order chi connectivity index (χ1) is 16.0. The molecular weight excluding hydrogens is 414 g/mol. The molecule has 4 atom stereocenters. The van der Waals surface area contributed by atoms with Crippen molar-refractivity contribution in [3.05, 3.63) is 29.8 Å². The Morgan fingerprint density at radius 2 is 1.88 bits per heavy atom. The van der Waals surface area contributed by atoms with Gasteiger partial charge in [-0.1, -0.05) is 18.2 Å². The van der Waals surface area contributed by atoms with Crippen molar-refractivity contribution in [3.8, 4) is 0 Å². The Bertz CT molecular complexity index is 998. The van der Waals surface area contributed by atoms with Crippen molar-refractivity contribution in [1.82, 2.24) is 9.80 Å². The second-order valence-electron chi connectivity index (χ2n) is 11.7. The number of hydrogen-bond acceptors (Lipinski definition) is 4. The predicted molar refractivity (Wildman–Crippen MR) is 125 cm³/mol. The van der Waals surface area contributed by atoms with E-state index in [4.69, 9.17) is 4.74 Å². The Morgan fingerprint density at radius 1 is 1.09 bits per heavy atom. The highest BCUT2D eigenvalue weighted by molar-refractivity contribution is 5.94. The highest BCUT2D eigenvalue weighted by Crippen LogP contribution is 2.65. The third-order valence-electron chi connectivity index (χ3n) is 10.1. The number of fused-ring (bicyclic) bond motifs is 2. The molecule has 0 aromatic heterocycles. The first-order valence-electron chi connectivity index (χ1n) is 13.1. The molecule has 176 valence electrons. The fraction of sp³-hybridized carbons (Fsp3) is 0.704. The van der Waals surface area contributed by atoms with Gasteiger partial charge in [0.1, 0.15) is 0 Å². The van der Waals surface area contributed by atoms with E-state index in [9.17, 15) is 9.59 Å². The highest BCUT2D eigenvalue weighted by Gasteiger charge is 2.75. The number of nitrogens with zero attached hydrogens (tertiary/aromatic N) is 3. The fourth-order valence-electron chi connectivity index (χ4n) is 8.15. The second kappa shape index (κ2) is 6.97. The largest absolute Gasteiger partial charge is 0.449 e. The normalized spacial score (nSPS) is 36.0. The van der Waals surface area contributed by atoms with Crippen LogP contribution in [0.2, 0.25) is 0 Å². The number of carbonyl (C=O) groups excluding carboxylic acids is 2. The molecular formula is C27H35N3O3. The third kappa shape index (κ3) is 2.88. The van der Waals surface area contributed by atoms with Crippen LogP contribution in [0.5, 0.6) is 0 Å². The van der Waals surface area contributed by atoms with Crippen molar-refractivity contribution in [2.45, 2.75) is 81.3 Å². The van der Waals surface area contributed by atoms with Gasteiger partial charge in [-0.2, -0.15) is 0 Å². The number of para-hydroxylation sites is 1. The van der Waals surface area contributed by atoms with E-state index in [-0.39, 0.29) is 23.0 Å². The molecule has 5 fully saturated rings. The third-order valence-corrected chi connectivity index (χ3v) is 10.1. The summed E-state index contributed by atoms with van der Waals surface area (Å²) in [7, 11) is 0. The second-order valence-corrected chi connectivity index (χ2v) is 11.7. The lowest BCUT2D eigenvalue weighted by atomic mass is 9.74. The van der Waals surface area contributed by atoms with Crippen LogP contribution in [0.1, 0.15) is 63.9 Å². The van der Waals surface area contributed by atoms with Crippen molar-refractivity contribution in [1.29, 1.82) is 0 Å². The molecule has 7 rings (SSSR count). The maximum atomic E-state index is 12.8. The molecule has 33 heavy (non-hydrogen) atoms. The van der Waals surface area contributed by atoms with Gasteiger partial charge in [-0.3, -0.25) is 9.69 Å². The molecule has 3 saturated carbocycles. The van der Waals surface area contributed by atoms with Gasteiger partial charge >= 0.3 is 6.09 Å². The molecule has 3 aliphatic carbocycles. The van der Waals surface area contributed by atoms with Crippen LogP contribution in [0.4, 0.5) is 10.5 Å². The lowest BCUT2D eigenvalue weighted by Gasteiger charge is -2.42. The van der Waals surface area contributed by atoms with Crippen LogP contribution < -0.4 is 4.90 Å². The zero-order valence-corrected chi connectivity index (χ0v) is 19.7. The van der Waals surface area contributed by atoms with Crippen molar-refractivity contribution >= 4 is 17.7 Å². The van der Waals surface area contributed by atoms with E-state index in [2.05, 4.69) is 28.0 Å². The standard InChI is InChI=1S/C27H35N3O3/c1-18(31)29-17-26(22-4-2-3-5-23(22)29)10-12-28(13-11-26)21-14-20-8-9-24-27(20,15-21)30(24)25(32)33-16-19-6-7-19/h2-5,19-21,24H,6-17H2,1H3. The maximum Gasteiger partial charge on any atom is 0.410 e. The van der Waals surface area contributed by atoms with Crippen LogP contribution in [0, 0.1) is 11.8 Å². The molecule has 6 aliphatic rings. The van der Waals surface area contributed by atoms with Crippen LogP contribution in [0.15, 0.2) is 24.3 Å². The monoisotopic (exact) mass is 449 g/mol. The molecule has 0 radical (unpaired) electrons. The van der Waals surface area contributed by atoms with E-state index in [1.807, 2.05) is 11.0 Å². The summed E-state index contributed by atoms with van der Waals surface area (Å²) >= 11 is 0. The number of rotatable bonds is 3. The molecule has 2 spiro atoms. The van der Waals surface area contributed by atoms with E-state index in [1.54, 1.807) is 6.92 Å². The number of ether oxygens (including phenoxy) is 1. The number of anilines is 1. The van der Waals surface area contributed by atoms with E-state index >= 15 is 0 Å². The minimum Gasteiger partial charge on any atom is -0.449 e. The van der Waals surface area contributed by atoms with Gasteiger partial charge in [-0.05, 0) is 87.9 Å². The van der Waals surface area contributed by atoms with E-state index < -0.39 is 0 Å². The molecule has 3 heterocycles. The molecule has 2 amide bonds. The Balaban J connectivity index is 1.03. The first-order valence-corrected chi connectivity index (χ1v) is 13.1. The van der Waals surface area contributed by atoms with E-state index in [1.165, 1.54) is 31.2 Å². The van der Waals surface area contributed by atoms with Crippen molar-refractivity contribution in [2.75, 3.05) is 31.1 Å². The summed E-state index contributed by atoms with van der Waals surface area (Å²) < 4.78 is 5.68. The minimum absolute atomic E-state index is 0.0401. The van der Waals surface area contributed by atoms with Crippen LogP contribution in [-0.4, -0.2) is 65.7 Å². The van der Waals surface area contributed by atoms with Gasteiger partial charge in [0, 0.05) is 30.6 Å². The molecule has 6 nitrogen and oxygen atoms in total. The summed E-state index contributed by atoms with van der Waals surface area (Å²) in [5.41, 5.74) is 2.69. The quantitative estimate of drug-likeness (QED) is 0.656. The van der Waals surface area contributed by atoms with Crippen LogP contribution in [0.25, 0.3) is 0 Å². The van der Waals surface area contributed by atoms with Crippen LogP contribution in [0.3, 0.4) is 0 Å². The zero-order chi connectivity index (χ0) is 22.4. The molecule has 3 aliphatic heterocycles. The smallest absolute Gasteiger partial charge is 0.410 e. The highest BCUT2D eigenvalue weighted by atomic mass is 16.6. The van der Waals surface area contributed by atoms with Gasteiger partial charge < -0.3 is 14.5 Å². The topological polar surface area (TPSA) is 52.9 Å². The van der Waals surface area contributed by atoms with E-state index in [0.29, 0.717) is 30.5 Å². The summed E-state index contributed by atoms with van der Waals surface area (Å²) in [5, 5.41) is 0. The summed E-state index contributed by atoms with van der Waals surface area (Å²) in [5.74, 6) is 1.42. The number of piperidine rings is 2. The number of carbonyl (C=O) groups is 2. The SMILES string of the molecule is CC(=O)N1CC2(CCN(C3CC4CCC5N(C(=O)OCC6CC6)C45C3)CC2)c2ccccc21. The van der Waals surface area contributed by atoms with Crippen molar-refractivity contribution in [3.63, 3.8) is 0 Å². The zero-order valence-electron chi connectivity index (χ0n) is 19.7. The number of benzene rings is 1. The van der Waals surface area contributed by atoms with Gasteiger partial charge in [0.25, 0.3) is 0 Å². The average molecular weight is 450 g/mol. The van der Waals surface area contributed by atoms with Crippen molar-refractivity contribution < 1.29 is 14.3 Å². The lowest BCUT2D eigenvalue weighted by Crippen LogP contribution is -2.48. The first kappa shape index (κ1) is 20.3. The van der Waals surface area contributed by atoms with Gasteiger partial charge in [-0.15, -0.1) is 0 Å². The maximum absolute atomic E-state index is 12.8. The predicted octanol–water partition coefficient (Wildman–Crippen LogP) is 3.93. The van der Waals surface area contributed by atoms with Crippen LogP contribution in [-0.2, 0) is 14.9 Å². The summed E-state index contributed by atoms with van der Waals surface area (Å²) in [6, 6.07) is 9.54. The Labute approximate surface area is 196 Å².